The summed E-state index contributed by atoms with van der Waals surface area (Å²) >= 11 is 0. The maximum Gasteiger partial charge on any atom is 0.109 e. The summed E-state index contributed by atoms with van der Waals surface area (Å²) in [5, 5.41) is 28.0. The Balaban J connectivity index is 3.15. The van der Waals surface area contributed by atoms with Crippen LogP contribution in [0, 0.1) is 0 Å². The molecule has 2 atom stereocenters. The predicted octanol–water partition coefficient (Wildman–Crippen LogP) is -1.38. The molecule has 0 spiro atoms. The molecule has 0 bridgehead atoms. The first-order valence-electron chi connectivity index (χ1n) is 2.90. The normalized spacial score (nSPS) is 17.3. The van der Waals surface area contributed by atoms with Gasteiger partial charge in [0, 0.05) is 13.0 Å². The molecule has 0 radical (unpaired) electrons. The Hall–Kier alpha value is -0.160. The van der Waals surface area contributed by atoms with Crippen molar-refractivity contribution in [2.45, 2.75) is 25.8 Å². The summed E-state index contributed by atoms with van der Waals surface area (Å²) < 4.78 is 0. The van der Waals surface area contributed by atoms with Gasteiger partial charge in [-0.05, 0) is 6.92 Å². The van der Waals surface area contributed by atoms with Crippen LogP contribution in [0.1, 0.15) is 13.3 Å². The summed E-state index contributed by atoms with van der Waals surface area (Å²) in [6, 6.07) is 0. The van der Waals surface area contributed by atoms with E-state index in [1.54, 1.807) is 0 Å². The molecule has 4 N–H and O–H groups in total. The molecule has 0 aromatic carbocycles. The molecule has 9 heavy (non-hydrogen) atoms. The second kappa shape index (κ2) is 4.69. The van der Waals surface area contributed by atoms with E-state index < -0.39 is 12.5 Å². The van der Waals surface area contributed by atoms with Gasteiger partial charge in [0.05, 0.1) is 0 Å². The van der Waals surface area contributed by atoms with Gasteiger partial charge >= 0.3 is 0 Å². The lowest BCUT2D eigenvalue weighted by Gasteiger charge is -2.12. The van der Waals surface area contributed by atoms with Crippen molar-refractivity contribution in [2.24, 2.45) is 0 Å². The van der Waals surface area contributed by atoms with Crippen LogP contribution in [0.15, 0.2) is 0 Å². The van der Waals surface area contributed by atoms with Crippen molar-refractivity contribution in [3.63, 3.8) is 0 Å². The lowest BCUT2D eigenvalue weighted by molar-refractivity contribution is 0.0373. The van der Waals surface area contributed by atoms with Crippen molar-refractivity contribution in [1.29, 1.82) is 0 Å². The maximum atomic E-state index is 8.79. The molecule has 0 amide bonds. The number of hydrogen-bond donors (Lipinski definition) is 4. The third-order valence-electron chi connectivity index (χ3n) is 0.836. The van der Waals surface area contributed by atoms with E-state index in [-0.39, 0.29) is 13.0 Å². The largest absolute Gasteiger partial charge is 0.396 e. The Morgan fingerprint density at radius 1 is 1.44 bits per heavy atom. The molecule has 0 rings (SSSR count). The van der Waals surface area contributed by atoms with Gasteiger partial charge in [0.1, 0.15) is 12.5 Å². The summed E-state index contributed by atoms with van der Waals surface area (Å²) in [5.74, 6) is 0. The van der Waals surface area contributed by atoms with E-state index >= 15 is 0 Å². The topological polar surface area (TPSA) is 72.7 Å². The number of aliphatic hydroxyl groups excluding tert-OH is 3. The van der Waals surface area contributed by atoms with E-state index in [1.165, 1.54) is 6.92 Å². The highest BCUT2D eigenvalue weighted by Crippen LogP contribution is 1.85. The molecule has 56 valence electrons. The minimum Gasteiger partial charge on any atom is -0.396 e. The third kappa shape index (κ3) is 5.72. The molecule has 0 aliphatic carbocycles. The van der Waals surface area contributed by atoms with Crippen molar-refractivity contribution in [1.82, 2.24) is 5.32 Å². The van der Waals surface area contributed by atoms with E-state index in [9.17, 15) is 0 Å². The lowest BCUT2D eigenvalue weighted by atomic mass is 10.4. The first kappa shape index (κ1) is 8.84. The van der Waals surface area contributed by atoms with Gasteiger partial charge in [-0.3, -0.25) is 5.32 Å². The van der Waals surface area contributed by atoms with Gasteiger partial charge in [-0.1, -0.05) is 0 Å². The van der Waals surface area contributed by atoms with Gasteiger partial charge in [-0.15, -0.1) is 0 Å². The molecular weight excluding hydrogens is 122 g/mol. The van der Waals surface area contributed by atoms with Crippen LogP contribution in [-0.2, 0) is 0 Å². The Bertz CT molecular complexity index is 67.2. The van der Waals surface area contributed by atoms with Crippen LogP contribution < -0.4 is 5.32 Å². The van der Waals surface area contributed by atoms with Gasteiger partial charge in [-0.25, -0.2) is 0 Å². The summed E-state index contributed by atoms with van der Waals surface area (Å²) in [6.45, 7) is 1.42. The van der Waals surface area contributed by atoms with Crippen LogP contribution in [0.3, 0.4) is 0 Å². The predicted molar refractivity (Wildman–Crippen MR) is 32.5 cm³/mol. The quantitative estimate of drug-likeness (QED) is 0.358. The van der Waals surface area contributed by atoms with E-state index in [0.29, 0.717) is 0 Å². The molecule has 0 fully saturated rings. The van der Waals surface area contributed by atoms with Crippen LogP contribution in [-0.4, -0.2) is 34.4 Å². The fourth-order valence-corrected chi connectivity index (χ4v) is 0.484. The Morgan fingerprint density at radius 3 is 2.33 bits per heavy atom. The van der Waals surface area contributed by atoms with Crippen LogP contribution in [0.4, 0.5) is 0 Å². The summed E-state index contributed by atoms with van der Waals surface area (Å²) in [4.78, 5) is 0. The molecule has 4 nitrogen and oxygen atoms in total. The van der Waals surface area contributed by atoms with Crippen LogP contribution in [0.25, 0.3) is 0 Å². The fourth-order valence-electron chi connectivity index (χ4n) is 0.484. The number of nitrogens with one attached hydrogen (secondary N) is 1. The van der Waals surface area contributed by atoms with E-state index in [0.717, 1.165) is 0 Å². The van der Waals surface area contributed by atoms with Gasteiger partial charge in [-0.2, -0.15) is 0 Å². The van der Waals surface area contributed by atoms with Crippen molar-refractivity contribution in [2.75, 3.05) is 6.61 Å². The highest BCUT2D eigenvalue weighted by molar-refractivity contribution is 4.51. The molecule has 0 aliphatic rings. The summed E-state index contributed by atoms with van der Waals surface area (Å²) in [7, 11) is 0. The van der Waals surface area contributed by atoms with E-state index in [4.69, 9.17) is 15.3 Å². The molecule has 4 heteroatoms. The molecule has 0 aliphatic heterocycles. The Morgan fingerprint density at radius 2 is 2.00 bits per heavy atom. The average Bonchev–Trinajstić information content (AvgIpc) is 1.63. The first-order chi connectivity index (χ1) is 4.16. The van der Waals surface area contributed by atoms with Crippen LogP contribution >= 0.6 is 0 Å². The smallest absolute Gasteiger partial charge is 0.109 e. The van der Waals surface area contributed by atoms with Gasteiger partial charge in [0.25, 0.3) is 0 Å². The van der Waals surface area contributed by atoms with Crippen LogP contribution in [0.2, 0.25) is 0 Å². The lowest BCUT2D eigenvalue weighted by Crippen LogP contribution is -2.36. The Labute approximate surface area is 54.1 Å². The summed E-state index contributed by atoms with van der Waals surface area (Å²) in [6.07, 6.45) is -1.30. The molecular formula is C5H13NO3. The highest BCUT2D eigenvalue weighted by Gasteiger charge is 2.03. The number of rotatable bonds is 4. The molecule has 0 aromatic rings. The molecule has 0 heterocycles. The summed E-state index contributed by atoms with van der Waals surface area (Å²) in [5.41, 5.74) is 0. The van der Waals surface area contributed by atoms with Gasteiger partial charge < -0.3 is 15.3 Å². The second-order valence-electron chi connectivity index (χ2n) is 1.87. The average molecular weight is 135 g/mol. The van der Waals surface area contributed by atoms with E-state index in [1.807, 2.05) is 0 Å². The minimum absolute atomic E-state index is 0.0825. The zero-order chi connectivity index (χ0) is 7.28. The molecule has 2 unspecified atom stereocenters. The van der Waals surface area contributed by atoms with Crippen molar-refractivity contribution < 1.29 is 15.3 Å². The third-order valence-corrected chi connectivity index (χ3v) is 0.836. The SMILES string of the molecule is CC(O)NC(O)CCO. The number of hydrogen-bond acceptors (Lipinski definition) is 4. The molecule has 0 saturated heterocycles. The zero-order valence-corrected chi connectivity index (χ0v) is 5.41. The van der Waals surface area contributed by atoms with Gasteiger partial charge in [0.2, 0.25) is 0 Å². The zero-order valence-electron chi connectivity index (χ0n) is 5.41. The minimum atomic E-state index is -0.810. The first-order valence-corrected chi connectivity index (χ1v) is 2.90. The second-order valence-corrected chi connectivity index (χ2v) is 1.87. The number of aliphatic hydroxyl groups is 3. The van der Waals surface area contributed by atoms with Crippen LogP contribution in [0.5, 0.6) is 0 Å². The molecule has 0 saturated carbocycles. The maximum absolute atomic E-state index is 8.79. The molecule has 0 aromatic heterocycles. The monoisotopic (exact) mass is 135 g/mol. The Kier molecular flexibility index (Phi) is 4.61. The van der Waals surface area contributed by atoms with Crippen molar-refractivity contribution >= 4 is 0 Å². The highest BCUT2D eigenvalue weighted by atomic mass is 16.3. The fraction of sp³-hybridized carbons (Fsp3) is 1.00. The van der Waals surface area contributed by atoms with Gasteiger partial charge in [0.15, 0.2) is 0 Å². The standard InChI is InChI=1S/C5H13NO3/c1-4(8)6-5(9)2-3-7/h4-9H,2-3H2,1H3. The van der Waals surface area contributed by atoms with Crippen molar-refractivity contribution in [3.8, 4) is 0 Å². The van der Waals surface area contributed by atoms with Crippen molar-refractivity contribution in [3.05, 3.63) is 0 Å². The van der Waals surface area contributed by atoms with E-state index in [2.05, 4.69) is 5.32 Å².